The summed E-state index contributed by atoms with van der Waals surface area (Å²) in [4.78, 5) is 4.04. The van der Waals surface area contributed by atoms with Gasteiger partial charge >= 0.3 is 0 Å². The number of nitrogen functional groups attached to an aromatic ring is 1. The third-order valence-corrected chi connectivity index (χ3v) is 2.85. The van der Waals surface area contributed by atoms with Gasteiger partial charge in [-0.15, -0.1) is 0 Å². The van der Waals surface area contributed by atoms with Crippen LogP contribution in [0.3, 0.4) is 0 Å². The first-order chi connectivity index (χ1) is 8.02. The number of halogens is 2. The molecular formula is C12H12ClFN2O. The van der Waals surface area contributed by atoms with Gasteiger partial charge in [0, 0.05) is 12.0 Å². The van der Waals surface area contributed by atoms with Crippen LogP contribution in [0.2, 0.25) is 5.02 Å². The number of rotatable bonds is 2. The fourth-order valence-electron chi connectivity index (χ4n) is 1.65. The summed E-state index contributed by atoms with van der Waals surface area (Å²) in [6.07, 6.45) is 0.616. The maximum atomic E-state index is 13.5. The monoisotopic (exact) mass is 254 g/mol. The lowest BCUT2D eigenvalue weighted by Crippen LogP contribution is -1.90. The van der Waals surface area contributed by atoms with Gasteiger partial charge in [-0.3, -0.25) is 0 Å². The van der Waals surface area contributed by atoms with Crippen LogP contribution in [-0.4, -0.2) is 4.98 Å². The molecule has 3 nitrogen and oxygen atoms in total. The number of hydrogen-bond donors (Lipinski definition) is 1. The summed E-state index contributed by atoms with van der Waals surface area (Å²) in [7, 11) is 0. The van der Waals surface area contributed by atoms with Crippen molar-refractivity contribution in [2.75, 3.05) is 5.73 Å². The zero-order chi connectivity index (χ0) is 12.6. The van der Waals surface area contributed by atoms with Gasteiger partial charge in [0.25, 0.3) is 6.01 Å². The van der Waals surface area contributed by atoms with E-state index in [9.17, 15) is 4.39 Å². The number of nitrogens with two attached hydrogens (primary N) is 1. The molecule has 0 saturated heterocycles. The minimum absolute atomic E-state index is 0.0638. The number of nitrogens with zero attached hydrogens (tertiary/aromatic N) is 1. The van der Waals surface area contributed by atoms with Crippen molar-refractivity contribution in [1.29, 1.82) is 0 Å². The summed E-state index contributed by atoms with van der Waals surface area (Å²) >= 11 is 6.09. The Morgan fingerprint density at radius 1 is 1.47 bits per heavy atom. The van der Waals surface area contributed by atoms with E-state index < -0.39 is 0 Å². The van der Waals surface area contributed by atoms with E-state index in [-0.39, 0.29) is 11.8 Å². The van der Waals surface area contributed by atoms with Gasteiger partial charge in [0.05, 0.1) is 5.02 Å². The quantitative estimate of drug-likeness (QED) is 0.891. The van der Waals surface area contributed by atoms with Crippen molar-refractivity contribution in [1.82, 2.24) is 4.98 Å². The summed E-state index contributed by atoms with van der Waals surface area (Å²) in [5.41, 5.74) is 7.00. The minimum Gasteiger partial charge on any atom is -0.428 e. The Hall–Kier alpha value is -1.55. The van der Waals surface area contributed by atoms with Gasteiger partial charge in [-0.2, -0.15) is 4.98 Å². The lowest BCUT2D eigenvalue weighted by atomic mass is 10.1. The first-order valence-electron chi connectivity index (χ1n) is 5.24. The average molecular weight is 255 g/mol. The Labute approximate surface area is 103 Å². The predicted molar refractivity (Wildman–Crippen MR) is 65.4 cm³/mol. The molecule has 1 aromatic heterocycles. The van der Waals surface area contributed by atoms with Crippen molar-refractivity contribution in [3.63, 3.8) is 0 Å². The summed E-state index contributed by atoms with van der Waals surface area (Å²) in [5, 5.41) is 0.437. The van der Waals surface area contributed by atoms with Gasteiger partial charge in [0.15, 0.2) is 0 Å². The second-order valence-electron chi connectivity index (χ2n) is 3.76. The minimum atomic E-state index is -0.326. The Morgan fingerprint density at radius 3 is 2.82 bits per heavy atom. The molecule has 0 amide bonds. The summed E-state index contributed by atoms with van der Waals surface area (Å²) in [6, 6.07) is 2.99. The van der Waals surface area contributed by atoms with Crippen LogP contribution in [0, 0.1) is 12.7 Å². The maximum absolute atomic E-state index is 13.5. The first-order valence-corrected chi connectivity index (χ1v) is 5.62. The van der Waals surface area contributed by atoms with Crippen LogP contribution in [0.5, 0.6) is 0 Å². The van der Waals surface area contributed by atoms with Crippen LogP contribution in [0.4, 0.5) is 10.4 Å². The van der Waals surface area contributed by atoms with Gasteiger partial charge in [-0.1, -0.05) is 18.5 Å². The molecule has 0 atom stereocenters. The van der Waals surface area contributed by atoms with Crippen LogP contribution in [0.1, 0.15) is 18.2 Å². The first kappa shape index (κ1) is 11.9. The van der Waals surface area contributed by atoms with E-state index in [2.05, 4.69) is 4.98 Å². The molecule has 1 aromatic carbocycles. The molecule has 2 aromatic rings. The highest BCUT2D eigenvalue weighted by atomic mass is 35.5. The molecule has 17 heavy (non-hydrogen) atoms. The third-order valence-electron chi connectivity index (χ3n) is 2.54. The van der Waals surface area contributed by atoms with Gasteiger partial charge in [-0.25, -0.2) is 4.39 Å². The molecule has 0 radical (unpaired) electrons. The van der Waals surface area contributed by atoms with Gasteiger partial charge in [0.1, 0.15) is 17.3 Å². The highest BCUT2D eigenvalue weighted by Gasteiger charge is 2.16. The third kappa shape index (κ3) is 2.13. The number of aryl methyl sites for hydroxylation is 2. The largest absolute Gasteiger partial charge is 0.428 e. The van der Waals surface area contributed by atoms with Crippen molar-refractivity contribution in [2.45, 2.75) is 20.3 Å². The lowest BCUT2D eigenvalue weighted by molar-refractivity contribution is 0.530. The number of anilines is 1. The molecule has 0 saturated carbocycles. The van der Waals surface area contributed by atoms with E-state index in [1.807, 2.05) is 6.92 Å². The van der Waals surface area contributed by atoms with Crippen molar-refractivity contribution in [3.8, 4) is 11.3 Å². The molecule has 0 fully saturated rings. The highest BCUT2D eigenvalue weighted by Crippen LogP contribution is 2.33. The second-order valence-corrected chi connectivity index (χ2v) is 4.17. The van der Waals surface area contributed by atoms with E-state index >= 15 is 0 Å². The van der Waals surface area contributed by atoms with Crippen LogP contribution in [0.25, 0.3) is 11.3 Å². The van der Waals surface area contributed by atoms with Crippen LogP contribution in [-0.2, 0) is 6.42 Å². The smallest absolute Gasteiger partial charge is 0.292 e. The molecule has 0 aliphatic carbocycles. The second kappa shape index (κ2) is 4.37. The summed E-state index contributed by atoms with van der Waals surface area (Å²) in [6.45, 7) is 3.56. The predicted octanol–water partition coefficient (Wildman–Crippen LogP) is 3.59. The van der Waals surface area contributed by atoms with Gasteiger partial charge in [0.2, 0.25) is 0 Å². The van der Waals surface area contributed by atoms with E-state index in [1.165, 1.54) is 6.07 Å². The Kier molecular flexibility index (Phi) is 3.07. The molecule has 0 spiro atoms. The molecule has 2 N–H and O–H groups in total. The van der Waals surface area contributed by atoms with E-state index in [4.69, 9.17) is 21.8 Å². The molecule has 5 heteroatoms. The van der Waals surface area contributed by atoms with Crippen molar-refractivity contribution in [2.24, 2.45) is 0 Å². The summed E-state index contributed by atoms with van der Waals surface area (Å²) in [5.74, 6) is 0.278. The number of aromatic nitrogens is 1. The molecule has 0 bridgehead atoms. The topological polar surface area (TPSA) is 52.0 Å². The van der Waals surface area contributed by atoms with Crippen LogP contribution >= 0.6 is 11.6 Å². The number of hydrogen-bond acceptors (Lipinski definition) is 3. The fraction of sp³-hybridized carbons (Fsp3) is 0.250. The Morgan fingerprint density at radius 2 is 2.18 bits per heavy atom. The van der Waals surface area contributed by atoms with Gasteiger partial charge < -0.3 is 10.2 Å². The molecule has 1 heterocycles. The average Bonchev–Trinajstić information content (AvgIpc) is 2.64. The van der Waals surface area contributed by atoms with Crippen LogP contribution in [0.15, 0.2) is 16.5 Å². The van der Waals surface area contributed by atoms with Gasteiger partial charge in [-0.05, 0) is 24.6 Å². The molecule has 90 valence electrons. The lowest BCUT2D eigenvalue weighted by Gasteiger charge is -2.04. The Balaban J connectivity index is 2.63. The zero-order valence-corrected chi connectivity index (χ0v) is 10.3. The van der Waals surface area contributed by atoms with Crippen molar-refractivity contribution >= 4 is 17.6 Å². The summed E-state index contributed by atoms with van der Waals surface area (Å²) < 4.78 is 18.8. The normalized spacial score (nSPS) is 10.8. The molecule has 2 rings (SSSR count). The zero-order valence-electron chi connectivity index (χ0n) is 9.55. The standard InChI is InChI=1S/C12H12ClFN2O/c1-3-10-11(16-12(15)17-10)7-5-9(14)6(2)4-8(7)13/h4-5H,3H2,1-2H3,(H2,15,16). The highest BCUT2D eigenvalue weighted by molar-refractivity contribution is 6.33. The Bertz CT molecular complexity index is 566. The van der Waals surface area contributed by atoms with E-state index in [0.29, 0.717) is 34.0 Å². The number of benzene rings is 1. The van der Waals surface area contributed by atoms with E-state index in [0.717, 1.165) is 0 Å². The molecule has 0 aliphatic rings. The SMILES string of the molecule is CCc1oc(N)nc1-c1cc(F)c(C)cc1Cl. The number of oxazole rings is 1. The van der Waals surface area contributed by atoms with Crippen molar-refractivity contribution < 1.29 is 8.81 Å². The van der Waals surface area contributed by atoms with E-state index in [1.54, 1.807) is 13.0 Å². The molecular weight excluding hydrogens is 243 g/mol. The maximum Gasteiger partial charge on any atom is 0.292 e. The van der Waals surface area contributed by atoms with Crippen molar-refractivity contribution in [3.05, 3.63) is 34.3 Å². The molecule has 0 aliphatic heterocycles. The molecule has 0 unspecified atom stereocenters. The van der Waals surface area contributed by atoms with Crippen LogP contribution < -0.4 is 5.73 Å². The fourth-order valence-corrected chi connectivity index (χ4v) is 1.96.